The van der Waals surface area contributed by atoms with E-state index in [4.69, 9.17) is 11.5 Å². The average Bonchev–Trinajstić information content (AvgIpc) is 2.20. The molecule has 0 saturated heterocycles. The Bertz CT molecular complexity index is 332. The van der Waals surface area contributed by atoms with Crippen molar-refractivity contribution in [2.24, 2.45) is 0 Å². The lowest BCUT2D eigenvalue weighted by molar-refractivity contribution is 0.875. The Morgan fingerprint density at radius 2 is 2.07 bits per heavy atom. The molecule has 0 spiro atoms. The average molecular weight is 326 g/mol. The van der Waals surface area contributed by atoms with Gasteiger partial charge in [0.15, 0.2) is 16.8 Å². The Labute approximate surface area is 100 Å². The van der Waals surface area contributed by atoms with Crippen LogP contribution in [0.25, 0.3) is 0 Å². The van der Waals surface area contributed by atoms with E-state index in [1.807, 2.05) is 29.1 Å². The van der Waals surface area contributed by atoms with Crippen LogP contribution in [0, 0.1) is 0 Å². The predicted molar refractivity (Wildman–Crippen MR) is 68.2 cm³/mol. The Morgan fingerprint density at radius 3 is 2.57 bits per heavy atom. The molecule has 0 aliphatic carbocycles. The molecule has 8 heteroatoms. The highest BCUT2D eigenvalue weighted by atomic mass is 127. The Balaban J connectivity index is 3.20. The van der Waals surface area contributed by atoms with Crippen LogP contribution in [-0.2, 0) is 0 Å². The van der Waals surface area contributed by atoms with Gasteiger partial charge >= 0.3 is 0 Å². The number of thioether (sulfide) groups is 1. The van der Waals surface area contributed by atoms with Crippen LogP contribution >= 0.6 is 34.6 Å². The number of nitrogens with one attached hydrogen (secondary N) is 1. The largest absolute Gasteiger partial charge is 0.393 e. The first kappa shape index (κ1) is 11.6. The maximum absolute atomic E-state index is 5.74. The summed E-state index contributed by atoms with van der Waals surface area (Å²) in [4.78, 5) is 8.24. The molecule has 1 aromatic heterocycles. The molecule has 0 unspecified atom stereocenters. The van der Waals surface area contributed by atoms with Crippen molar-refractivity contribution in [3.8, 4) is 0 Å². The van der Waals surface area contributed by atoms with Crippen LogP contribution in [0.4, 0.5) is 17.3 Å². The van der Waals surface area contributed by atoms with E-state index in [-0.39, 0.29) is 0 Å². The highest BCUT2D eigenvalue weighted by molar-refractivity contribution is 14.1. The van der Waals surface area contributed by atoms with E-state index in [1.165, 1.54) is 11.8 Å². The van der Waals surface area contributed by atoms with Gasteiger partial charge in [-0.25, -0.2) is 18.6 Å². The molecule has 0 bridgehead atoms. The number of aromatic nitrogens is 2. The molecule has 0 aliphatic heterocycles. The fraction of sp³-hybridized carbons (Fsp3) is 0.333. The number of anilines is 3. The normalized spacial score (nSPS) is 10.2. The summed E-state index contributed by atoms with van der Waals surface area (Å²) in [7, 11) is 1.77. The molecule has 78 valence electrons. The first-order valence-electron chi connectivity index (χ1n) is 3.70. The monoisotopic (exact) mass is 326 g/mol. The van der Waals surface area contributed by atoms with Gasteiger partial charge in [-0.1, -0.05) is 11.8 Å². The van der Waals surface area contributed by atoms with Gasteiger partial charge in [-0.2, -0.15) is 0 Å². The van der Waals surface area contributed by atoms with E-state index < -0.39 is 0 Å². The van der Waals surface area contributed by atoms with Crippen LogP contribution in [-0.4, -0.2) is 23.3 Å². The first-order chi connectivity index (χ1) is 6.60. The Hall–Kier alpha value is -0.480. The zero-order valence-corrected chi connectivity index (χ0v) is 10.8. The lowest BCUT2D eigenvalue weighted by atomic mass is 10.4. The van der Waals surface area contributed by atoms with Crippen LogP contribution < -0.4 is 20.1 Å². The quantitative estimate of drug-likeness (QED) is 0.247. The lowest BCUT2D eigenvalue weighted by Gasteiger charge is -2.16. The summed E-state index contributed by atoms with van der Waals surface area (Å²) in [6, 6.07) is 0. The maximum atomic E-state index is 5.74. The second-order valence-corrected chi connectivity index (χ2v) is 4.08. The number of nitrogens with two attached hydrogens (primary N) is 2. The molecular formula is C6H11IN6S. The second kappa shape index (κ2) is 4.84. The number of nitrogen functional groups attached to an aromatic ring is 2. The van der Waals surface area contributed by atoms with E-state index >= 15 is 0 Å². The molecule has 0 amide bonds. The number of hydrogen-bond donors (Lipinski definition) is 3. The van der Waals surface area contributed by atoms with E-state index in [0.717, 1.165) is 0 Å². The number of rotatable bonds is 3. The topological polar surface area (TPSA) is 93.1 Å². The van der Waals surface area contributed by atoms with Gasteiger partial charge in [0.25, 0.3) is 0 Å². The van der Waals surface area contributed by atoms with Gasteiger partial charge in [-0.05, 0) is 6.26 Å². The Kier molecular flexibility index (Phi) is 4.01. The second-order valence-electron chi connectivity index (χ2n) is 2.34. The van der Waals surface area contributed by atoms with Crippen LogP contribution in [0.1, 0.15) is 0 Å². The number of hydrazine groups is 1. The van der Waals surface area contributed by atoms with E-state index in [0.29, 0.717) is 22.5 Å². The molecule has 0 aromatic carbocycles. The van der Waals surface area contributed by atoms with Gasteiger partial charge in [-0.3, -0.25) is 0 Å². The molecule has 0 aliphatic rings. The van der Waals surface area contributed by atoms with Crippen LogP contribution in [0.5, 0.6) is 0 Å². The fourth-order valence-corrected chi connectivity index (χ4v) is 1.54. The van der Waals surface area contributed by atoms with Gasteiger partial charge < -0.3 is 11.5 Å². The molecule has 1 aromatic rings. The molecule has 1 heterocycles. The summed E-state index contributed by atoms with van der Waals surface area (Å²) in [5.41, 5.74) is 14.6. The third kappa shape index (κ3) is 2.30. The summed E-state index contributed by atoms with van der Waals surface area (Å²) < 4.78 is 1.66. The van der Waals surface area contributed by atoms with Crippen molar-refractivity contribution < 1.29 is 0 Å². The van der Waals surface area contributed by atoms with Crippen molar-refractivity contribution in [1.29, 1.82) is 0 Å². The number of halogens is 1. The van der Waals surface area contributed by atoms with E-state index in [1.54, 1.807) is 10.3 Å². The summed E-state index contributed by atoms with van der Waals surface area (Å²) in [5, 5.41) is 0.601. The molecule has 0 fully saturated rings. The van der Waals surface area contributed by atoms with Gasteiger partial charge in [-0.15, -0.1) is 0 Å². The molecule has 0 atom stereocenters. The molecule has 1 rings (SSSR count). The highest BCUT2D eigenvalue weighted by Crippen LogP contribution is 2.28. The van der Waals surface area contributed by atoms with Crippen molar-refractivity contribution in [2.75, 3.05) is 28.0 Å². The SMILES string of the molecule is CNN(I)c1nc(SC)nc(N)c1N. The summed E-state index contributed by atoms with van der Waals surface area (Å²) in [6.07, 6.45) is 1.88. The molecule has 6 nitrogen and oxygen atoms in total. The fourth-order valence-electron chi connectivity index (χ4n) is 0.800. The van der Waals surface area contributed by atoms with Crippen molar-refractivity contribution in [2.45, 2.75) is 5.16 Å². The minimum atomic E-state index is 0.302. The van der Waals surface area contributed by atoms with Gasteiger partial charge in [0, 0.05) is 7.05 Å². The summed E-state index contributed by atoms with van der Waals surface area (Å²) in [5.74, 6) is 0.876. The standard InChI is InChI=1S/C6H11IN6S/c1-10-13(7)5-3(8)4(9)11-6(12-5)14-2/h10H,8H2,1-2H3,(H2,9,11,12). The van der Waals surface area contributed by atoms with Gasteiger partial charge in [0.2, 0.25) is 0 Å². The van der Waals surface area contributed by atoms with E-state index in [9.17, 15) is 0 Å². The molecule has 5 N–H and O–H groups in total. The smallest absolute Gasteiger partial charge is 0.191 e. The third-order valence-corrected chi connectivity index (χ3v) is 2.99. The third-order valence-electron chi connectivity index (χ3n) is 1.50. The summed E-state index contributed by atoms with van der Waals surface area (Å²) >= 11 is 3.45. The molecule has 0 radical (unpaired) electrons. The van der Waals surface area contributed by atoms with Crippen LogP contribution in [0.15, 0.2) is 5.16 Å². The van der Waals surface area contributed by atoms with Crippen LogP contribution in [0.2, 0.25) is 0 Å². The summed E-state index contributed by atoms with van der Waals surface area (Å²) in [6.45, 7) is 0. The predicted octanol–water partition coefficient (Wildman–Crippen LogP) is 0.654. The van der Waals surface area contributed by atoms with Crippen molar-refractivity contribution in [3.63, 3.8) is 0 Å². The maximum Gasteiger partial charge on any atom is 0.191 e. The first-order valence-corrected chi connectivity index (χ1v) is 5.89. The number of hydrogen-bond acceptors (Lipinski definition) is 7. The van der Waals surface area contributed by atoms with Crippen molar-refractivity contribution in [1.82, 2.24) is 15.4 Å². The van der Waals surface area contributed by atoms with Crippen molar-refractivity contribution >= 4 is 51.9 Å². The minimum absolute atomic E-state index is 0.302. The molecular weight excluding hydrogens is 315 g/mol. The van der Waals surface area contributed by atoms with Gasteiger partial charge in [0.1, 0.15) is 5.69 Å². The van der Waals surface area contributed by atoms with Gasteiger partial charge in [0.05, 0.1) is 22.9 Å². The zero-order valence-electron chi connectivity index (χ0n) is 7.78. The minimum Gasteiger partial charge on any atom is -0.393 e. The molecule has 0 saturated carbocycles. The molecule has 14 heavy (non-hydrogen) atoms. The van der Waals surface area contributed by atoms with Crippen molar-refractivity contribution in [3.05, 3.63) is 0 Å². The van der Waals surface area contributed by atoms with Crippen LogP contribution in [0.3, 0.4) is 0 Å². The lowest BCUT2D eigenvalue weighted by Crippen LogP contribution is -2.26. The highest BCUT2D eigenvalue weighted by Gasteiger charge is 2.12. The number of nitrogens with zero attached hydrogens (tertiary/aromatic N) is 3. The van der Waals surface area contributed by atoms with E-state index in [2.05, 4.69) is 15.4 Å². The Morgan fingerprint density at radius 1 is 1.43 bits per heavy atom. The zero-order chi connectivity index (χ0) is 10.7.